The van der Waals surface area contributed by atoms with Crippen molar-refractivity contribution in [2.75, 3.05) is 17.7 Å². The lowest BCUT2D eigenvalue weighted by molar-refractivity contribution is 0.330. The van der Waals surface area contributed by atoms with Gasteiger partial charge in [-0.2, -0.15) is 0 Å². The fourth-order valence-corrected chi connectivity index (χ4v) is 2.29. The summed E-state index contributed by atoms with van der Waals surface area (Å²) in [6, 6.07) is 6.52. The maximum atomic E-state index is 6.03. The molecule has 0 spiro atoms. The van der Waals surface area contributed by atoms with Crippen molar-refractivity contribution in [3.63, 3.8) is 0 Å². The van der Waals surface area contributed by atoms with Crippen LogP contribution in [-0.2, 0) is 0 Å². The van der Waals surface area contributed by atoms with Crippen LogP contribution in [0.3, 0.4) is 0 Å². The SMILES string of the molecule is CC(N(C)c1ccc(N)c2cnccc12)C(C)(C)C. The number of nitrogens with zero attached hydrogens (tertiary/aromatic N) is 2. The zero-order valence-electron chi connectivity index (χ0n) is 12.4. The molecular formula is C16H23N3. The van der Waals surface area contributed by atoms with Crippen LogP contribution in [0.5, 0.6) is 0 Å². The van der Waals surface area contributed by atoms with Crippen molar-refractivity contribution < 1.29 is 0 Å². The zero-order valence-corrected chi connectivity index (χ0v) is 12.4. The molecule has 0 saturated heterocycles. The highest BCUT2D eigenvalue weighted by atomic mass is 15.1. The monoisotopic (exact) mass is 257 g/mol. The predicted molar refractivity (Wildman–Crippen MR) is 83.5 cm³/mol. The Bertz CT molecular complexity index is 584. The van der Waals surface area contributed by atoms with Gasteiger partial charge in [0.2, 0.25) is 0 Å². The topological polar surface area (TPSA) is 42.1 Å². The molecule has 0 aliphatic heterocycles. The predicted octanol–water partition coefficient (Wildman–Crippen LogP) is 3.69. The Hall–Kier alpha value is -1.77. The Morgan fingerprint density at radius 1 is 1.16 bits per heavy atom. The molecule has 0 saturated carbocycles. The highest BCUT2D eigenvalue weighted by molar-refractivity contribution is 6.00. The molecule has 19 heavy (non-hydrogen) atoms. The lowest BCUT2D eigenvalue weighted by atomic mass is 9.86. The van der Waals surface area contributed by atoms with Crippen molar-refractivity contribution in [2.45, 2.75) is 33.7 Å². The summed E-state index contributed by atoms with van der Waals surface area (Å²) in [5.74, 6) is 0. The largest absolute Gasteiger partial charge is 0.398 e. The summed E-state index contributed by atoms with van der Waals surface area (Å²) in [6.45, 7) is 9.03. The second-order valence-corrected chi connectivity index (χ2v) is 6.25. The molecule has 2 aromatic rings. The molecule has 2 N–H and O–H groups in total. The first-order valence-corrected chi connectivity index (χ1v) is 6.67. The van der Waals surface area contributed by atoms with E-state index in [-0.39, 0.29) is 5.41 Å². The molecule has 3 nitrogen and oxygen atoms in total. The Morgan fingerprint density at radius 2 is 1.84 bits per heavy atom. The molecule has 1 aromatic carbocycles. The summed E-state index contributed by atoms with van der Waals surface area (Å²) in [5, 5.41) is 2.18. The van der Waals surface area contributed by atoms with E-state index in [0.717, 1.165) is 16.5 Å². The van der Waals surface area contributed by atoms with Crippen LogP contribution in [0.25, 0.3) is 10.8 Å². The Morgan fingerprint density at radius 3 is 2.47 bits per heavy atom. The highest BCUT2D eigenvalue weighted by Crippen LogP contribution is 2.34. The van der Waals surface area contributed by atoms with Crippen LogP contribution < -0.4 is 10.6 Å². The number of hydrogen-bond acceptors (Lipinski definition) is 3. The third-order valence-corrected chi connectivity index (χ3v) is 4.04. The van der Waals surface area contributed by atoms with E-state index in [2.05, 4.69) is 50.7 Å². The number of pyridine rings is 1. The number of aromatic nitrogens is 1. The Labute approximate surface area is 115 Å². The molecule has 0 aliphatic rings. The standard InChI is InChI=1S/C16H23N3/c1-11(16(2,3)4)19(5)15-7-6-14(17)13-10-18-9-8-12(13)15/h6-11H,17H2,1-5H3. The second-order valence-electron chi connectivity index (χ2n) is 6.25. The molecule has 3 heteroatoms. The number of anilines is 2. The van der Waals surface area contributed by atoms with Crippen molar-refractivity contribution in [2.24, 2.45) is 5.41 Å². The van der Waals surface area contributed by atoms with Crippen LogP contribution in [0.2, 0.25) is 0 Å². The number of benzene rings is 1. The van der Waals surface area contributed by atoms with E-state index in [9.17, 15) is 0 Å². The quantitative estimate of drug-likeness (QED) is 0.834. The minimum atomic E-state index is 0.218. The van der Waals surface area contributed by atoms with E-state index in [1.54, 1.807) is 0 Å². The van der Waals surface area contributed by atoms with Crippen LogP contribution in [0.1, 0.15) is 27.7 Å². The molecule has 1 heterocycles. The Kier molecular flexibility index (Phi) is 3.40. The third-order valence-electron chi connectivity index (χ3n) is 4.04. The average Bonchev–Trinajstić information content (AvgIpc) is 2.37. The fraction of sp³-hybridized carbons (Fsp3) is 0.438. The summed E-state index contributed by atoms with van der Waals surface area (Å²) in [6.07, 6.45) is 3.66. The molecule has 102 valence electrons. The number of nitrogens with two attached hydrogens (primary N) is 1. The van der Waals surface area contributed by atoms with Gasteiger partial charge in [-0.1, -0.05) is 20.8 Å². The minimum Gasteiger partial charge on any atom is -0.398 e. The maximum Gasteiger partial charge on any atom is 0.0448 e. The summed E-state index contributed by atoms with van der Waals surface area (Å²) >= 11 is 0. The van der Waals surface area contributed by atoms with Crippen LogP contribution in [-0.4, -0.2) is 18.1 Å². The summed E-state index contributed by atoms with van der Waals surface area (Å²) in [7, 11) is 2.14. The van der Waals surface area contributed by atoms with Crippen LogP contribution in [0.15, 0.2) is 30.6 Å². The third kappa shape index (κ3) is 2.50. The fourth-order valence-electron chi connectivity index (χ4n) is 2.29. The van der Waals surface area contributed by atoms with Crippen molar-refractivity contribution in [1.82, 2.24) is 4.98 Å². The lowest BCUT2D eigenvalue weighted by Crippen LogP contribution is -2.39. The normalized spacial score (nSPS) is 13.5. The lowest BCUT2D eigenvalue weighted by Gasteiger charge is -2.37. The van der Waals surface area contributed by atoms with E-state index >= 15 is 0 Å². The Balaban J connectivity index is 2.55. The zero-order chi connectivity index (χ0) is 14.2. The molecule has 1 aromatic heterocycles. The van der Waals surface area contributed by atoms with E-state index in [4.69, 9.17) is 5.73 Å². The highest BCUT2D eigenvalue weighted by Gasteiger charge is 2.25. The van der Waals surface area contributed by atoms with Crippen LogP contribution in [0.4, 0.5) is 11.4 Å². The van der Waals surface area contributed by atoms with Gasteiger partial charge in [-0.25, -0.2) is 0 Å². The van der Waals surface area contributed by atoms with E-state index in [0.29, 0.717) is 6.04 Å². The molecule has 1 unspecified atom stereocenters. The number of hydrogen-bond donors (Lipinski definition) is 1. The number of fused-ring (bicyclic) bond motifs is 1. The number of rotatable bonds is 2. The van der Waals surface area contributed by atoms with Gasteiger partial charge < -0.3 is 10.6 Å². The van der Waals surface area contributed by atoms with Crippen molar-refractivity contribution in [1.29, 1.82) is 0 Å². The van der Waals surface area contributed by atoms with Gasteiger partial charge >= 0.3 is 0 Å². The average molecular weight is 257 g/mol. The minimum absolute atomic E-state index is 0.218. The summed E-state index contributed by atoms with van der Waals surface area (Å²) in [4.78, 5) is 6.49. The van der Waals surface area contributed by atoms with Gasteiger partial charge in [0.25, 0.3) is 0 Å². The van der Waals surface area contributed by atoms with E-state index < -0.39 is 0 Å². The van der Waals surface area contributed by atoms with E-state index in [1.807, 2.05) is 24.5 Å². The van der Waals surface area contributed by atoms with Gasteiger partial charge in [0, 0.05) is 47.6 Å². The summed E-state index contributed by atoms with van der Waals surface area (Å²) in [5.41, 5.74) is 8.23. The smallest absolute Gasteiger partial charge is 0.0448 e. The van der Waals surface area contributed by atoms with Gasteiger partial charge in [0.15, 0.2) is 0 Å². The van der Waals surface area contributed by atoms with Gasteiger partial charge in [0.1, 0.15) is 0 Å². The molecule has 2 rings (SSSR count). The van der Waals surface area contributed by atoms with Crippen molar-refractivity contribution >= 4 is 22.1 Å². The maximum absolute atomic E-state index is 6.03. The molecule has 0 aliphatic carbocycles. The van der Waals surface area contributed by atoms with Gasteiger partial charge in [-0.3, -0.25) is 4.98 Å². The molecule has 1 atom stereocenters. The molecule has 0 bridgehead atoms. The molecule has 0 fully saturated rings. The van der Waals surface area contributed by atoms with Crippen LogP contribution in [0, 0.1) is 5.41 Å². The van der Waals surface area contributed by atoms with Gasteiger partial charge in [0.05, 0.1) is 0 Å². The molecular weight excluding hydrogens is 234 g/mol. The van der Waals surface area contributed by atoms with Crippen molar-refractivity contribution in [3.05, 3.63) is 30.6 Å². The van der Waals surface area contributed by atoms with E-state index in [1.165, 1.54) is 5.69 Å². The first-order valence-electron chi connectivity index (χ1n) is 6.67. The van der Waals surface area contributed by atoms with Gasteiger partial charge in [-0.15, -0.1) is 0 Å². The second kappa shape index (κ2) is 4.72. The first-order chi connectivity index (χ1) is 8.82. The summed E-state index contributed by atoms with van der Waals surface area (Å²) < 4.78 is 0. The van der Waals surface area contributed by atoms with Crippen LogP contribution >= 0.6 is 0 Å². The molecule has 0 amide bonds. The first kappa shape index (κ1) is 13.7. The van der Waals surface area contributed by atoms with Crippen molar-refractivity contribution in [3.8, 4) is 0 Å². The molecule has 0 radical (unpaired) electrons. The van der Waals surface area contributed by atoms with Gasteiger partial charge in [-0.05, 0) is 30.5 Å². The number of nitrogen functional groups attached to an aromatic ring is 1.